The first-order valence-electron chi connectivity index (χ1n) is 4.34. The maximum atomic E-state index is 5.17. The molecule has 64 valence electrons. The molecule has 1 rings (SSSR count). The first-order chi connectivity index (χ1) is 5.43. The highest BCUT2D eigenvalue weighted by molar-refractivity contribution is 5.74. The van der Waals surface area contributed by atoms with Crippen LogP contribution in [0.5, 0.6) is 0 Å². The van der Waals surface area contributed by atoms with Crippen LogP contribution in [-0.2, 0) is 4.74 Å². The van der Waals surface area contributed by atoms with Crippen LogP contribution in [0.1, 0.15) is 26.2 Å². The number of nitrogens with one attached hydrogen (secondary N) is 1. The van der Waals surface area contributed by atoms with Gasteiger partial charge in [0.15, 0.2) is 0 Å². The van der Waals surface area contributed by atoms with Crippen LogP contribution in [0.2, 0.25) is 0 Å². The molecule has 1 N–H and O–H groups in total. The molecule has 0 saturated heterocycles. The summed E-state index contributed by atoms with van der Waals surface area (Å²) in [4.78, 5) is 4.12. The summed E-state index contributed by atoms with van der Waals surface area (Å²) in [6, 6.07) is 0.737. The largest absolute Gasteiger partial charge is 0.463 e. The summed E-state index contributed by atoms with van der Waals surface area (Å²) in [5.41, 5.74) is 0. The van der Waals surface area contributed by atoms with Crippen LogP contribution < -0.4 is 5.32 Å². The summed E-state index contributed by atoms with van der Waals surface area (Å²) >= 11 is 0. The number of amidine groups is 1. The highest BCUT2D eigenvalue weighted by Gasteiger charge is 2.04. The molecular weight excluding hydrogens is 140 g/mol. The van der Waals surface area contributed by atoms with Gasteiger partial charge < -0.3 is 10.1 Å². The highest BCUT2D eigenvalue weighted by atomic mass is 16.5. The minimum Gasteiger partial charge on any atom is -0.463 e. The molecule has 0 spiro atoms. The molecule has 0 aromatic rings. The van der Waals surface area contributed by atoms with Crippen molar-refractivity contribution in [2.75, 3.05) is 19.7 Å². The number of hydrogen-bond donors (Lipinski definition) is 1. The average molecular weight is 156 g/mol. The van der Waals surface area contributed by atoms with Crippen molar-refractivity contribution in [2.45, 2.75) is 26.2 Å². The third kappa shape index (κ3) is 3.25. The van der Waals surface area contributed by atoms with Crippen LogP contribution in [-0.4, -0.2) is 25.7 Å². The van der Waals surface area contributed by atoms with Crippen molar-refractivity contribution < 1.29 is 4.74 Å². The topological polar surface area (TPSA) is 33.6 Å². The normalized spacial score (nSPS) is 15.9. The van der Waals surface area contributed by atoms with Gasteiger partial charge in [-0.3, -0.25) is 0 Å². The number of rotatable bonds is 4. The van der Waals surface area contributed by atoms with E-state index >= 15 is 0 Å². The van der Waals surface area contributed by atoms with E-state index in [2.05, 4.69) is 17.2 Å². The first kappa shape index (κ1) is 8.37. The average Bonchev–Trinajstić information content (AvgIpc) is 2.50. The molecule has 0 saturated carbocycles. The Bertz CT molecular complexity index is 134. The van der Waals surface area contributed by atoms with Crippen molar-refractivity contribution in [1.29, 1.82) is 0 Å². The van der Waals surface area contributed by atoms with Crippen molar-refractivity contribution >= 4 is 6.02 Å². The van der Waals surface area contributed by atoms with Gasteiger partial charge in [-0.2, -0.15) is 0 Å². The summed E-state index contributed by atoms with van der Waals surface area (Å²) in [5.74, 6) is 0. The standard InChI is InChI=1S/C8H16N2O/c1-2-3-4-5-9-8-10-6-7-11-8/h2-7H2,1H3,(H,9,10). The van der Waals surface area contributed by atoms with Gasteiger partial charge in [-0.1, -0.05) is 19.8 Å². The van der Waals surface area contributed by atoms with Crippen molar-refractivity contribution in [2.24, 2.45) is 4.99 Å². The lowest BCUT2D eigenvalue weighted by molar-refractivity contribution is 0.331. The van der Waals surface area contributed by atoms with Crippen LogP contribution >= 0.6 is 0 Å². The summed E-state index contributed by atoms with van der Waals surface area (Å²) in [6.45, 7) is 4.75. The van der Waals surface area contributed by atoms with Crippen molar-refractivity contribution in [3.05, 3.63) is 0 Å². The van der Waals surface area contributed by atoms with Crippen LogP contribution in [0.4, 0.5) is 0 Å². The lowest BCUT2D eigenvalue weighted by atomic mass is 10.2. The van der Waals surface area contributed by atoms with Crippen LogP contribution in [0.25, 0.3) is 0 Å². The third-order valence-electron chi connectivity index (χ3n) is 1.64. The Morgan fingerprint density at radius 1 is 1.55 bits per heavy atom. The predicted molar refractivity (Wildman–Crippen MR) is 45.8 cm³/mol. The van der Waals surface area contributed by atoms with Crippen molar-refractivity contribution in [3.8, 4) is 0 Å². The first-order valence-corrected chi connectivity index (χ1v) is 4.34. The van der Waals surface area contributed by atoms with E-state index in [9.17, 15) is 0 Å². The Morgan fingerprint density at radius 3 is 3.09 bits per heavy atom. The Labute approximate surface area is 67.8 Å². The van der Waals surface area contributed by atoms with Crippen molar-refractivity contribution in [1.82, 2.24) is 5.32 Å². The molecular formula is C8H16N2O. The Kier molecular flexibility index (Phi) is 3.80. The Morgan fingerprint density at radius 2 is 2.45 bits per heavy atom. The molecule has 3 nitrogen and oxygen atoms in total. The van der Waals surface area contributed by atoms with Crippen LogP contribution in [0.15, 0.2) is 4.99 Å². The second-order valence-corrected chi connectivity index (χ2v) is 2.67. The zero-order valence-corrected chi connectivity index (χ0v) is 7.10. The number of aliphatic imine (C=N–C) groups is 1. The molecule has 0 aromatic heterocycles. The van der Waals surface area contributed by atoms with Gasteiger partial charge in [-0.25, -0.2) is 4.99 Å². The molecule has 11 heavy (non-hydrogen) atoms. The van der Waals surface area contributed by atoms with E-state index in [1.165, 1.54) is 19.3 Å². The number of ether oxygens (including phenoxy) is 1. The summed E-state index contributed by atoms with van der Waals surface area (Å²) in [6.07, 6.45) is 3.74. The van der Waals surface area contributed by atoms with Gasteiger partial charge in [-0.05, 0) is 6.42 Å². The fourth-order valence-electron chi connectivity index (χ4n) is 1.01. The summed E-state index contributed by atoms with van der Waals surface area (Å²) in [5, 5.41) is 3.14. The minimum atomic E-state index is 0.737. The Hall–Kier alpha value is -0.730. The minimum absolute atomic E-state index is 0.737. The smallest absolute Gasteiger partial charge is 0.284 e. The second kappa shape index (κ2) is 4.99. The van der Waals surface area contributed by atoms with E-state index in [-0.39, 0.29) is 0 Å². The molecule has 0 atom stereocenters. The predicted octanol–water partition coefficient (Wildman–Crippen LogP) is 1.15. The molecule has 0 amide bonds. The van der Waals surface area contributed by atoms with Gasteiger partial charge in [0, 0.05) is 6.54 Å². The van der Waals surface area contributed by atoms with Crippen molar-refractivity contribution in [3.63, 3.8) is 0 Å². The lowest BCUT2D eigenvalue weighted by Crippen LogP contribution is -2.24. The molecule has 3 heteroatoms. The monoisotopic (exact) mass is 156 g/mol. The van der Waals surface area contributed by atoms with Crippen LogP contribution in [0, 0.1) is 0 Å². The molecule has 1 aliphatic rings. The van der Waals surface area contributed by atoms with Gasteiger partial charge in [-0.15, -0.1) is 0 Å². The fourth-order valence-corrected chi connectivity index (χ4v) is 1.01. The maximum absolute atomic E-state index is 5.17. The Balaban J connectivity index is 1.94. The van der Waals surface area contributed by atoms with Gasteiger partial charge in [0.1, 0.15) is 6.61 Å². The molecule has 0 fully saturated rings. The molecule has 0 aliphatic carbocycles. The van der Waals surface area contributed by atoms with Gasteiger partial charge in [0.05, 0.1) is 6.54 Å². The van der Waals surface area contributed by atoms with E-state index in [0.29, 0.717) is 0 Å². The lowest BCUT2D eigenvalue weighted by Gasteiger charge is -2.03. The third-order valence-corrected chi connectivity index (χ3v) is 1.64. The second-order valence-electron chi connectivity index (χ2n) is 2.67. The zero-order valence-electron chi connectivity index (χ0n) is 7.10. The zero-order chi connectivity index (χ0) is 7.94. The number of hydrogen-bond acceptors (Lipinski definition) is 3. The number of unbranched alkanes of at least 4 members (excludes halogenated alkanes) is 2. The van der Waals surface area contributed by atoms with Gasteiger partial charge in [0.25, 0.3) is 6.02 Å². The van der Waals surface area contributed by atoms with E-state index in [1.54, 1.807) is 0 Å². The number of nitrogens with zero attached hydrogens (tertiary/aromatic N) is 1. The highest BCUT2D eigenvalue weighted by Crippen LogP contribution is 1.94. The quantitative estimate of drug-likeness (QED) is 0.619. The molecule has 0 radical (unpaired) electrons. The van der Waals surface area contributed by atoms with Crippen LogP contribution in [0.3, 0.4) is 0 Å². The van der Waals surface area contributed by atoms with E-state index < -0.39 is 0 Å². The SMILES string of the molecule is CCCCCNC1=NCCO1. The summed E-state index contributed by atoms with van der Waals surface area (Å²) < 4.78 is 5.17. The van der Waals surface area contributed by atoms with E-state index in [1.807, 2.05) is 0 Å². The molecule has 1 aliphatic heterocycles. The summed E-state index contributed by atoms with van der Waals surface area (Å²) in [7, 11) is 0. The van der Waals surface area contributed by atoms with E-state index in [0.717, 1.165) is 25.7 Å². The van der Waals surface area contributed by atoms with Gasteiger partial charge in [0.2, 0.25) is 0 Å². The maximum Gasteiger partial charge on any atom is 0.284 e. The molecule has 1 heterocycles. The molecule has 0 aromatic carbocycles. The molecule has 0 unspecified atom stereocenters. The van der Waals surface area contributed by atoms with Gasteiger partial charge >= 0.3 is 0 Å². The molecule has 0 bridgehead atoms. The fraction of sp³-hybridized carbons (Fsp3) is 0.875. The van der Waals surface area contributed by atoms with E-state index in [4.69, 9.17) is 4.74 Å².